The third kappa shape index (κ3) is 3.16. The van der Waals surface area contributed by atoms with Gasteiger partial charge in [0.25, 0.3) is 0 Å². The van der Waals surface area contributed by atoms with Crippen LogP contribution in [-0.4, -0.2) is 16.7 Å². The summed E-state index contributed by atoms with van der Waals surface area (Å²) >= 11 is 0. The van der Waals surface area contributed by atoms with Crippen LogP contribution in [0.5, 0.6) is 0 Å². The second kappa shape index (κ2) is 5.62. The van der Waals surface area contributed by atoms with Gasteiger partial charge in [-0.25, -0.2) is 0 Å². The van der Waals surface area contributed by atoms with Crippen molar-refractivity contribution in [1.29, 1.82) is 5.26 Å². The molecule has 0 aromatic carbocycles. The first-order chi connectivity index (χ1) is 8.29. The van der Waals surface area contributed by atoms with Crippen molar-refractivity contribution in [3.63, 3.8) is 0 Å². The minimum absolute atomic E-state index is 0.573. The summed E-state index contributed by atoms with van der Waals surface area (Å²) in [6, 6.07) is 3.82. The highest BCUT2D eigenvalue weighted by Crippen LogP contribution is 2.28. The molecule has 1 aromatic rings. The van der Waals surface area contributed by atoms with E-state index in [1.165, 1.54) is 25.7 Å². The Morgan fingerprint density at radius 1 is 1.41 bits per heavy atom. The van der Waals surface area contributed by atoms with Gasteiger partial charge in [0.15, 0.2) is 5.82 Å². The van der Waals surface area contributed by atoms with Gasteiger partial charge >= 0.3 is 0 Å². The van der Waals surface area contributed by atoms with Gasteiger partial charge in [-0.15, -0.1) is 5.10 Å². The topological polar surface area (TPSA) is 61.6 Å². The lowest BCUT2D eigenvalue weighted by Crippen LogP contribution is -2.21. The smallest absolute Gasteiger partial charge is 0.166 e. The number of hydrogen-bond donors (Lipinski definition) is 1. The van der Waals surface area contributed by atoms with Crippen LogP contribution in [0.4, 0.5) is 5.82 Å². The first kappa shape index (κ1) is 11.8. The first-order valence-electron chi connectivity index (χ1n) is 6.25. The fourth-order valence-electron chi connectivity index (χ4n) is 2.33. The van der Waals surface area contributed by atoms with Crippen LogP contribution in [0.2, 0.25) is 0 Å². The molecule has 0 amide bonds. The maximum Gasteiger partial charge on any atom is 0.166 e. The van der Waals surface area contributed by atoms with Crippen LogP contribution in [0.3, 0.4) is 0 Å². The number of nitriles is 1. The van der Waals surface area contributed by atoms with E-state index in [-0.39, 0.29) is 0 Å². The minimum atomic E-state index is 0.573. The minimum Gasteiger partial charge on any atom is -0.367 e. The van der Waals surface area contributed by atoms with Gasteiger partial charge in [-0.05, 0) is 30.7 Å². The van der Waals surface area contributed by atoms with Crippen LogP contribution in [0, 0.1) is 23.2 Å². The average Bonchev–Trinajstić information content (AvgIpc) is 2.38. The molecular formula is C13H18N4. The van der Waals surface area contributed by atoms with E-state index < -0.39 is 0 Å². The molecule has 1 saturated carbocycles. The Kier molecular flexibility index (Phi) is 3.92. The fraction of sp³-hybridized carbons (Fsp3) is 0.615. The zero-order valence-electron chi connectivity index (χ0n) is 10.2. The Bertz CT molecular complexity index is 402. The van der Waals surface area contributed by atoms with Crippen LogP contribution >= 0.6 is 0 Å². The predicted octanol–water partition coefficient (Wildman–Crippen LogP) is 2.59. The van der Waals surface area contributed by atoms with Gasteiger partial charge in [-0.1, -0.05) is 19.8 Å². The lowest BCUT2D eigenvalue weighted by atomic mass is 9.83. The Balaban J connectivity index is 1.88. The normalized spacial score (nSPS) is 24.0. The number of nitrogens with zero attached hydrogens (tertiary/aromatic N) is 3. The van der Waals surface area contributed by atoms with Crippen molar-refractivity contribution in [2.75, 3.05) is 11.9 Å². The third-order valence-corrected chi connectivity index (χ3v) is 3.53. The number of anilines is 1. The van der Waals surface area contributed by atoms with Gasteiger partial charge in [-0.2, -0.15) is 10.4 Å². The highest BCUT2D eigenvalue weighted by atomic mass is 15.2. The molecule has 0 bridgehead atoms. The average molecular weight is 230 g/mol. The third-order valence-electron chi connectivity index (χ3n) is 3.53. The van der Waals surface area contributed by atoms with E-state index in [1.807, 2.05) is 0 Å². The SMILES string of the molecule is CC1CCC(CNc2nnccc2C#N)CC1. The summed E-state index contributed by atoms with van der Waals surface area (Å²) in [6.45, 7) is 3.22. The molecule has 0 unspecified atom stereocenters. The van der Waals surface area contributed by atoms with Crippen molar-refractivity contribution in [3.8, 4) is 6.07 Å². The van der Waals surface area contributed by atoms with Gasteiger partial charge in [0.05, 0.1) is 11.8 Å². The highest BCUT2D eigenvalue weighted by molar-refractivity contribution is 5.50. The van der Waals surface area contributed by atoms with Crippen molar-refractivity contribution in [1.82, 2.24) is 10.2 Å². The molecule has 1 N–H and O–H groups in total. The molecule has 1 heterocycles. The second-order valence-electron chi connectivity index (χ2n) is 4.91. The first-order valence-corrected chi connectivity index (χ1v) is 6.25. The van der Waals surface area contributed by atoms with Gasteiger partial charge in [0.2, 0.25) is 0 Å². The molecule has 0 atom stereocenters. The Morgan fingerprint density at radius 3 is 2.88 bits per heavy atom. The van der Waals surface area contributed by atoms with Crippen LogP contribution in [0.25, 0.3) is 0 Å². The summed E-state index contributed by atoms with van der Waals surface area (Å²) in [5.74, 6) is 2.20. The quantitative estimate of drug-likeness (QED) is 0.867. The van der Waals surface area contributed by atoms with Crippen molar-refractivity contribution in [2.24, 2.45) is 11.8 Å². The van der Waals surface area contributed by atoms with Crippen molar-refractivity contribution in [2.45, 2.75) is 32.6 Å². The molecule has 2 rings (SSSR count). The maximum absolute atomic E-state index is 8.93. The summed E-state index contributed by atoms with van der Waals surface area (Å²) in [7, 11) is 0. The fourth-order valence-corrected chi connectivity index (χ4v) is 2.33. The largest absolute Gasteiger partial charge is 0.367 e. The van der Waals surface area contributed by atoms with Crippen molar-refractivity contribution >= 4 is 5.82 Å². The highest BCUT2D eigenvalue weighted by Gasteiger charge is 2.18. The molecule has 1 aromatic heterocycles. The molecule has 0 aliphatic heterocycles. The molecular weight excluding hydrogens is 212 g/mol. The van der Waals surface area contributed by atoms with Gasteiger partial charge < -0.3 is 5.32 Å². The monoisotopic (exact) mass is 230 g/mol. The Hall–Kier alpha value is -1.63. The van der Waals surface area contributed by atoms with E-state index in [1.54, 1.807) is 12.3 Å². The second-order valence-corrected chi connectivity index (χ2v) is 4.91. The summed E-state index contributed by atoms with van der Waals surface area (Å²) < 4.78 is 0. The van der Waals surface area contributed by atoms with E-state index in [9.17, 15) is 0 Å². The van der Waals surface area contributed by atoms with E-state index >= 15 is 0 Å². The van der Waals surface area contributed by atoms with Gasteiger partial charge in [-0.3, -0.25) is 0 Å². The Morgan fingerprint density at radius 2 is 2.18 bits per heavy atom. The molecule has 0 saturated heterocycles. The molecule has 4 nitrogen and oxygen atoms in total. The number of nitrogens with one attached hydrogen (secondary N) is 1. The molecule has 1 aliphatic carbocycles. The van der Waals surface area contributed by atoms with E-state index in [0.717, 1.165) is 12.5 Å². The molecule has 90 valence electrons. The number of aromatic nitrogens is 2. The molecule has 1 fully saturated rings. The van der Waals surface area contributed by atoms with Crippen molar-refractivity contribution < 1.29 is 0 Å². The molecule has 17 heavy (non-hydrogen) atoms. The van der Waals surface area contributed by atoms with Crippen molar-refractivity contribution in [3.05, 3.63) is 17.8 Å². The van der Waals surface area contributed by atoms with Gasteiger partial charge in [0.1, 0.15) is 6.07 Å². The van der Waals surface area contributed by atoms with Crippen LogP contribution in [0.15, 0.2) is 12.3 Å². The lowest BCUT2D eigenvalue weighted by molar-refractivity contribution is 0.300. The molecule has 0 spiro atoms. The molecule has 0 radical (unpaired) electrons. The molecule has 1 aliphatic rings. The number of hydrogen-bond acceptors (Lipinski definition) is 4. The standard InChI is InChI=1S/C13H18N4/c1-10-2-4-11(5-3-10)9-15-13-12(8-14)6-7-16-17-13/h6-7,10-11H,2-5,9H2,1H3,(H,15,17). The lowest BCUT2D eigenvalue weighted by Gasteiger charge is -2.26. The van der Waals surface area contributed by atoms with E-state index in [2.05, 4.69) is 28.5 Å². The maximum atomic E-state index is 8.93. The van der Waals surface area contributed by atoms with Gasteiger partial charge in [0, 0.05) is 6.54 Å². The zero-order chi connectivity index (χ0) is 12.1. The predicted molar refractivity (Wildman–Crippen MR) is 66.4 cm³/mol. The number of rotatable bonds is 3. The molecule has 4 heteroatoms. The van der Waals surface area contributed by atoms with Crippen LogP contribution in [-0.2, 0) is 0 Å². The van der Waals surface area contributed by atoms with E-state index in [4.69, 9.17) is 5.26 Å². The summed E-state index contributed by atoms with van der Waals surface area (Å²) in [6.07, 6.45) is 6.73. The zero-order valence-corrected chi connectivity index (χ0v) is 10.2. The summed E-state index contributed by atoms with van der Waals surface area (Å²) in [4.78, 5) is 0. The summed E-state index contributed by atoms with van der Waals surface area (Å²) in [5, 5.41) is 20.0. The van der Waals surface area contributed by atoms with Crippen LogP contribution < -0.4 is 5.32 Å². The van der Waals surface area contributed by atoms with E-state index in [0.29, 0.717) is 17.3 Å². The summed E-state index contributed by atoms with van der Waals surface area (Å²) in [5.41, 5.74) is 0.573. The van der Waals surface area contributed by atoms with Crippen LogP contribution in [0.1, 0.15) is 38.2 Å². The Labute approximate surface area is 102 Å².